The van der Waals surface area contributed by atoms with Crippen molar-refractivity contribution in [1.82, 2.24) is 5.16 Å². The second-order valence-corrected chi connectivity index (χ2v) is 4.98. The van der Waals surface area contributed by atoms with E-state index in [9.17, 15) is 10.1 Å². The Hall–Kier alpha value is -2.50. The highest BCUT2D eigenvalue weighted by Crippen LogP contribution is 2.41. The molecule has 0 saturated carbocycles. The van der Waals surface area contributed by atoms with Crippen LogP contribution in [0.4, 0.5) is 11.4 Å². The van der Waals surface area contributed by atoms with Crippen LogP contribution in [0.15, 0.2) is 21.6 Å². The summed E-state index contributed by atoms with van der Waals surface area (Å²) in [6.45, 7) is 5.50. The fraction of sp³-hybridized carbons (Fsp3) is 0.286. The molecule has 0 spiro atoms. The van der Waals surface area contributed by atoms with Crippen molar-refractivity contribution in [3.63, 3.8) is 0 Å². The van der Waals surface area contributed by atoms with E-state index in [1.807, 2.05) is 19.9 Å². The van der Waals surface area contributed by atoms with Crippen molar-refractivity contribution in [3.05, 3.63) is 39.3 Å². The van der Waals surface area contributed by atoms with Crippen molar-refractivity contribution < 1.29 is 9.45 Å². The molecule has 0 saturated heterocycles. The largest absolute Gasteiger partial charge is 0.361 e. The van der Waals surface area contributed by atoms with Crippen LogP contribution in [-0.2, 0) is 6.42 Å². The third-order valence-electron chi connectivity index (χ3n) is 3.44. The maximum Gasteiger partial charge on any atom is 0.295 e. The molecule has 20 heavy (non-hydrogen) atoms. The Morgan fingerprint density at radius 3 is 2.65 bits per heavy atom. The first-order valence-corrected chi connectivity index (χ1v) is 6.26. The van der Waals surface area contributed by atoms with Gasteiger partial charge in [-0.05, 0) is 38.0 Å². The van der Waals surface area contributed by atoms with Gasteiger partial charge in [0.1, 0.15) is 11.4 Å². The van der Waals surface area contributed by atoms with Gasteiger partial charge in [-0.15, -0.1) is 0 Å². The summed E-state index contributed by atoms with van der Waals surface area (Å²) in [7, 11) is 0. The van der Waals surface area contributed by atoms with E-state index in [0.717, 1.165) is 28.1 Å². The Labute approximate surface area is 115 Å². The summed E-state index contributed by atoms with van der Waals surface area (Å²) in [5, 5.41) is 15.2. The van der Waals surface area contributed by atoms with Crippen LogP contribution in [0.3, 0.4) is 0 Å². The molecule has 0 unspecified atom stereocenters. The van der Waals surface area contributed by atoms with E-state index < -0.39 is 0 Å². The molecule has 1 aromatic carbocycles. The summed E-state index contributed by atoms with van der Waals surface area (Å²) in [4.78, 5) is 15.1. The van der Waals surface area contributed by atoms with Gasteiger partial charge in [-0.25, -0.2) is 0 Å². The first-order valence-electron chi connectivity index (χ1n) is 6.26. The molecule has 2 aromatic rings. The average molecular weight is 271 g/mol. The van der Waals surface area contributed by atoms with Gasteiger partial charge >= 0.3 is 0 Å². The predicted octanol–water partition coefficient (Wildman–Crippen LogP) is 3.52. The first-order chi connectivity index (χ1) is 9.47. The Balaban J connectivity index is 2.25. The van der Waals surface area contributed by atoms with Gasteiger partial charge in [0.25, 0.3) is 5.69 Å². The quantitative estimate of drug-likeness (QED) is 0.618. The molecule has 6 nitrogen and oxygen atoms in total. The number of aryl methyl sites for hydroxylation is 2. The number of nitro benzene ring substituents is 1. The zero-order chi connectivity index (χ0) is 14.4. The molecule has 1 aromatic heterocycles. The topological polar surface area (TPSA) is 81.5 Å². The number of hydrogen-bond donors (Lipinski definition) is 0. The monoisotopic (exact) mass is 271 g/mol. The Kier molecular flexibility index (Phi) is 2.67. The molecule has 2 heterocycles. The van der Waals surface area contributed by atoms with Gasteiger partial charge in [0.05, 0.1) is 10.6 Å². The molecule has 0 aliphatic carbocycles. The molecule has 0 amide bonds. The molecule has 3 rings (SSSR count). The number of aromatic nitrogens is 1. The van der Waals surface area contributed by atoms with Crippen LogP contribution in [0.25, 0.3) is 11.1 Å². The van der Waals surface area contributed by atoms with Crippen molar-refractivity contribution >= 4 is 17.1 Å². The summed E-state index contributed by atoms with van der Waals surface area (Å²) in [6.07, 6.45) is 0.646. The van der Waals surface area contributed by atoms with Crippen LogP contribution < -0.4 is 0 Å². The lowest BCUT2D eigenvalue weighted by Crippen LogP contribution is -1.94. The second-order valence-electron chi connectivity index (χ2n) is 4.98. The maximum atomic E-state index is 11.3. The average Bonchev–Trinajstić information content (AvgIpc) is 2.90. The van der Waals surface area contributed by atoms with E-state index in [1.165, 1.54) is 0 Å². The van der Waals surface area contributed by atoms with Crippen LogP contribution in [0.1, 0.15) is 23.9 Å². The summed E-state index contributed by atoms with van der Waals surface area (Å²) < 4.78 is 5.14. The predicted molar refractivity (Wildman–Crippen MR) is 74.5 cm³/mol. The maximum absolute atomic E-state index is 11.3. The smallest absolute Gasteiger partial charge is 0.295 e. The minimum atomic E-state index is -0.386. The number of benzene rings is 1. The number of fused-ring (bicyclic) bond motifs is 1. The molecular weight excluding hydrogens is 258 g/mol. The summed E-state index contributed by atoms with van der Waals surface area (Å²) >= 11 is 0. The van der Waals surface area contributed by atoms with Gasteiger partial charge in [0, 0.05) is 23.8 Å². The third kappa shape index (κ3) is 1.80. The van der Waals surface area contributed by atoms with Crippen molar-refractivity contribution in [2.75, 3.05) is 0 Å². The van der Waals surface area contributed by atoms with Crippen molar-refractivity contribution in [3.8, 4) is 11.1 Å². The Morgan fingerprint density at radius 1 is 1.30 bits per heavy atom. The highest BCUT2D eigenvalue weighted by atomic mass is 16.6. The fourth-order valence-electron chi connectivity index (χ4n) is 2.63. The van der Waals surface area contributed by atoms with Crippen molar-refractivity contribution in [1.29, 1.82) is 0 Å². The van der Waals surface area contributed by atoms with Crippen LogP contribution in [0.5, 0.6) is 0 Å². The molecule has 1 aliphatic rings. The summed E-state index contributed by atoms with van der Waals surface area (Å²) in [6, 6.07) is 3.49. The van der Waals surface area contributed by atoms with E-state index >= 15 is 0 Å². The van der Waals surface area contributed by atoms with Gasteiger partial charge in [-0.1, -0.05) is 5.16 Å². The highest BCUT2D eigenvalue weighted by Gasteiger charge is 2.25. The first kappa shape index (κ1) is 12.5. The minimum Gasteiger partial charge on any atom is -0.361 e. The molecule has 0 fully saturated rings. The Morgan fingerprint density at radius 2 is 2.05 bits per heavy atom. The molecule has 0 bridgehead atoms. The number of hydrogen-bond acceptors (Lipinski definition) is 5. The minimum absolute atomic E-state index is 0.0364. The molecule has 1 aliphatic heterocycles. The third-order valence-corrected chi connectivity index (χ3v) is 3.44. The van der Waals surface area contributed by atoms with Crippen molar-refractivity contribution in [2.24, 2.45) is 4.99 Å². The van der Waals surface area contributed by atoms with Crippen LogP contribution >= 0.6 is 0 Å². The number of rotatable bonds is 2. The van der Waals surface area contributed by atoms with Crippen molar-refractivity contribution in [2.45, 2.75) is 27.2 Å². The van der Waals surface area contributed by atoms with Crippen LogP contribution in [-0.4, -0.2) is 15.8 Å². The lowest BCUT2D eigenvalue weighted by molar-refractivity contribution is -0.384. The van der Waals surface area contributed by atoms with E-state index in [0.29, 0.717) is 17.9 Å². The summed E-state index contributed by atoms with van der Waals surface area (Å²) in [5.74, 6) is 0.660. The van der Waals surface area contributed by atoms with E-state index in [1.54, 1.807) is 13.0 Å². The number of nitrogens with zero attached hydrogens (tertiary/aromatic N) is 3. The molecule has 102 valence electrons. The van der Waals surface area contributed by atoms with Crippen LogP contribution in [0, 0.1) is 24.0 Å². The van der Waals surface area contributed by atoms with Gasteiger partial charge < -0.3 is 4.52 Å². The molecule has 0 atom stereocenters. The molecule has 6 heteroatoms. The second kappa shape index (κ2) is 4.26. The normalized spacial score (nSPS) is 13.2. The zero-order valence-corrected chi connectivity index (χ0v) is 11.4. The van der Waals surface area contributed by atoms with Gasteiger partial charge in [0.15, 0.2) is 0 Å². The fourth-order valence-corrected chi connectivity index (χ4v) is 2.63. The molecule has 0 N–H and O–H groups in total. The lowest BCUT2D eigenvalue weighted by Gasteiger charge is -2.05. The van der Waals surface area contributed by atoms with Gasteiger partial charge in [-0.3, -0.25) is 15.1 Å². The van der Waals surface area contributed by atoms with Gasteiger partial charge in [-0.2, -0.15) is 0 Å². The van der Waals surface area contributed by atoms with E-state index in [-0.39, 0.29) is 10.6 Å². The van der Waals surface area contributed by atoms with E-state index in [2.05, 4.69) is 10.1 Å². The number of nitro groups is 1. The SMILES string of the molecule is CC1=Nc2c(cc(-c3c(C)noc3C)cc2[N+](=O)[O-])C1. The number of aliphatic imine (C=N–C) groups is 1. The summed E-state index contributed by atoms with van der Waals surface area (Å²) in [5.41, 5.74) is 4.59. The Bertz CT molecular complexity index is 740. The van der Waals surface area contributed by atoms with Crippen LogP contribution in [0.2, 0.25) is 0 Å². The zero-order valence-electron chi connectivity index (χ0n) is 11.4. The highest BCUT2D eigenvalue weighted by molar-refractivity contribution is 5.95. The molecule has 0 radical (unpaired) electrons. The van der Waals surface area contributed by atoms with E-state index in [4.69, 9.17) is 4.52 Å². The molecular formula is C14H13N3O3. The lowest BCUT2D eigenvalue weighted by atomic mass is 9.98. The van der Waals surface area contributed by atoms with Gasteiger partial charge in [0.2, 0.25) is 0 Å². The standard InChI is InChI=1S/C14H13N3O3/c1-7-4-11-5-10(13-8(2)16-20-9(13)3)6-12(17(18)19)14(11)15-7/h5-6H,4H2,1-3H3.